The molecule has 3 atom stereocenters. The van der Waals surface area contributed by atoms with Crippen LogP contribution in [0.15, 0.2) is 27.6 Å². The molecule has 1 saturated heterocycles. The van der Waals surface area contributed by atoms with Crippen LogP contribution >= 0.6 is 27.7 Å². The van der Waals surface area contributed by atoms with Gasteiger partial charge in [0.25, 0.3) is 0 Å². The first-order chi connectivity index (χ1) is 10.6. The minimum Gasteiger partial charge on any atom is -0.349 e. The lowest BCUT2D eigenvalue weighted by Crippen LogP contribution is -2.35. The molecule has 1 amide bonds. The molecule has 1 aromatic rings. The van der Waals surface area contributed by atoms with Crippen molar-refractivity contribution in [2.24, 2.45) is 11.8 Å². The predicted molar refractivity (Wildman–Crippen MR) is 95.1 cm³/mol. The molecule has 5 heteroatoms. The molecule has 120 valence electrons. The molecule has 3 unspecified atom stereocenters. The van der Waals surface area contributed by atoms with E-state index in [1.165, 1.54) is 16.9 Å². The van der Waals surface area contributed by atoms with Crippen molar-refractivity contribution in [2.75, 3.05) is 18.8 Å². The molecule has 0 spiro atoms. The average Bonchev–Trinajstić information content (AvgIpc) is 3.02. The van der Waals surface area contributed by atoms with Gasteiger partial charge in [-0.15, -0.1) is 11.8 Å². The van der Waals surface area contributed by atoms with Crippen molar-refractivity contribution >= 4 is 33.6 Å². The van der Waals surface area contributed by atoms with Crippen molar-refractivity contribution in [2.45, 2.75) is 37.1 Å². The fourth-order valence-corrected chi connectivity index (χ4v) is 4.81. The molecule has 0 bridgehead atoms. The summed E-state index contributed by atoms with van der Waals surface area (Å²) in [5.41, 5.74) is 1.26. The highest BCUT2D eigenvalue weighted by molar-refractivity contribution is 9.10. The van der Waals surface area contributed by atoms with Crippen LogP contribution in [0.2, 0.25) is 0 Å². The largest absolute Gasteiger partial charge is 0.349 e. The lowest BCUT2D eigenvalue weighted by Gasteiger charge is -2.32. The molecular formula is C17H23BrN2OS. The van der Waals surface area contributed by atoms with Crippen molar-refractivity contribution in [3.05, 3.63) is 28.2 Å². The number of halogens is 1. The maximum Gasteiger partial charge on any atom is 0.220 e. The van der Waals surface area contributed by atoms with Crippen molar-refractivity contribution in [3.63, 3.8) is 0 Å². The molecule has 3 rings (SSSR count). The monoisotopic (exact) mass is 382 g/mol. The van der Waals surface area contributed by atoms with Crippen LogP contribution in [0.1, 0.15) is 37.8 Å². The highest BCUT2D eigenvalue weighted by Gasteiger charge is 2.28. The number of carbonyl (C=O) groups excluding carboxylic acids is 1. The summed E-state index contributed by atoms with van der Waals surface area (Å²) in [5, 5.41) is 6.65. The molecule has 1 aromatic carbocycles. The fourth-order valence-electron chi connectivity index (χ4n) is 3.28. The van der Waals surface area contributed by atoms with Gasteiger partial charge >= 0.3 is 0 Å². The summed E-state index contributed by atoms with van der Waals surface area (Å²) >= 11 is 5.44. The van der Waals surface area contributed by atoms with Crippen LogP contribution in [0, 0.1) is 11.8 Å². The van der Waals surface area contributed by atoms with Gasteiger partial charge < -0.3 is 10.6 Å². The molecule has 1 fully saturated rings. The third-order valence-corrected chi connectivity index (χ3v) is 6.50. The molecule has 2 aliphatic heterocycles. The summed E-state index contributed by atoms with van der Waals surface area (Å²) in [6, 6.07) is 6.53. The van der Waals surface area contributed by atoms with E-state index in [0.29, 0.717) is 18.3 Å². The summed E-state index contributed by atoms with van der Waals surface area (Å²) in [5.74, 6) is 2.39. The Kier molecular flexibility index (Phi) is 5.47. The molecule has 0 aliphatic carbocycles. The van der Waals surface area contributed by atoms with E-state index in [-0.39, 0.29) is 11.9 Å². The van der Waals surface area contributed by atoms with Gasteiger partial charge in [-0.1, -0.05) is 22.9 Å². The van der Waals surface area contributed by atoms with Gasteiger partial charge in [0.2, 0.25) is 5.91 Å². The van der Waals surface area contributed by atoms with Crippen molar-refractivity contribution in [3.8, 4) is 0 Å². The summed E-state index contributed by atoms with van der Waals surface area (Å²) in [4.78, 5) is 13.7. The van der Waals surface area contributed by atoms with Gasteiger partial charge in [-0.05, 0) is 61.5 Å². The number of nitrogens with one attached hydrogen (secondary N) is 2. The number of hydrogen-bond acceptors (Lipinski definition) is 3. The minimum absolute atomic E-state index is 0.142. The Hall–Kier alpha value is -0.520. The second kappa shape index (κ2) is 7.37. The van der Waals surface area contributed by atoms with Crippen LogP contribution < -0.4 is 10.6 Å². The van der Waals surface area contributed by atoms with E-state index in [4.69, 9.17) is 0 Å². The van der Waals surface area contributed by atoms with Crippen LogP contribution in [-0.2, 0) is 4.79 Å². The smallest absolute Gasteiger partial charge is 0.220 e. The van der Waals surface area contributed by atoms with E-state index in [1.807, 2.05) is 11.8 Å². The predicted octanol–water partition coefficient (Wildman–Crippen LogP) is 3.74. The molecule has 2 heterocycles. The number of amides is 1. The van der Waals surface area contributed by atoms with E-state index in [0.717, 1.165) is 29.7 Å². The third-order valence-electron chi connectivity index (χ3n) is 4.64. The molecule has 3 nitrogen and oxygen atoms in total. The Labute approximate surface area is 145 Å². The molecule has 22 heavy (non-hydrogen) atoms. The zero-order valence-corrected chi connectivity index (χ0v) is 15.3. The minimum atomic E-state index is 0.142. The van der Waals surface area contributed by atoms with Crippen LogP contribution in [0.4, 0.5) is 0 Å². The third kappa shape index (κ3) is 3.87. The van der Waals surface area contributed by atoms with Gasteiger partial charge in [0.15, 0.2) is 0 Å². The summed E-state index contributed by atoms with van der Waals surface area (Å²) in [6.45, 7) is 4.40. The number of carbonyl (C=O) groups is 1. The topological polar surface area (TPSA) is 41.1 Å². The Morgan fingerprint density at radius 2 is 2.36 bits per heavy atom. The van der Waals surface area contributed by atoms with Gasteiger partial charge in [-0.2, -0.15) is 0 Å². The highest BCUT2D eigenvalue weighted by atomic mass is 79.9. The number of thioether (sulfide) groups is 1. The first kappa shape index (κ1) is 16.3. The van der Waals surface area contributed by atoms with Crippen molar-refractivity contribution in [1.29, 1.82) is 0 Å². The number of rotatable bonds is 4. The van der Waals surface area contributed by atoms with Gasteiger partial charge in [-0.3, -0.25) is 4.79 Å². The summed E-state index contributed by atoms with van der Waals surface area (Å²) in [6.07, 6.45) is 2.85. The second-order valence-corrected chi connectivity index (χ2v) is 8.39. The first-order valence-electron chi connectivity index (χ1n) is 8.06. The summed E-state index contributed by atoms with van der Waals surface area (Å²) in [7, 11) is 0. The van der Waals surface area contributed by atoms with E-state index in [9.17, 15) is 4.79 Å². The molecule has 2 aliphatic rings. The number of benzene rings is 1. The first-order valence-corrected chi connectivity index (χ1v) is 9.83. The average molecular weight is 383 g/mol. The molecular weight excluding hydrogens is 360 g/mol. The SMILES string of the molecule is CC1CSc2ccc(Br)cc2C1NC(=O)CCC1CCNC1. The summed E-state index contributed by atoms with van der Waals surface area (Å²) < 4.78 is 1.08. The van der Waals surface area contributed by atoms with Gasteiger partial charge in [0.1, 0.15) is 0 Å². The molecule has 0 aromatic heterocycles. The fraction of sp³-hybridized carbons (Fsp3) is 0.588. The van der Waals surface area contributed by atoms with Crippen LogP contribution in [0.3, 0.4) is 0 Å². The molecule has 2 N–H and O–H groups in total. The van der Waals surface area contributed by atoms with E-state index < -0.39 is 0 Å². The van der Waals surface area contributed by atoms with Gasteiger partial charge in [0.05, 0.1) is 6.04 Å². The highest BCUT2D eigenvalue weighted by Crippen LogP contribution is 2.40. The Morgan fingerprint density at radius 3 is 3.14 bits per heavy atom. The lowest BCUT2D eigenvalue weighted by molar-refractivity contribution is -0.122. The van der Waals surface area contributed by atoms with Crippen molar-refractivity contribution < 1.29 is 4.79 Å². The zero-order valence-electron chi connectivity index (χ0n) is 12.9. The zero-order chi connectivity index (χ0) is 15.5. The normalized spacial score (nSPS) is 27.5. The van der Waals surface area contributed by atoms with E-state index in [2.05, 4.69) is 51.7 Å². The number of hydrogen-bond donors (Lipinski definition) is 2. The van der Waals surface area contributed by atoms with Gasteiger partial charge in [-0.25, -0.2) is 0 Å². The van der Waals surface area contributed by atoms with E-state index >= 15 is 0 Å². The van der Waals surface area contributed by atoms with Crippen molar-refractivity contribution in [1.82, 2.24) is 10.6 Å². The van der Waals surface area contributed by atoms with Crippen LogP contribution in [0.25, 0.3) is 0 Å². The second-order valence-electron chi connectivity index (χ2n) is 6.41. The Bertz CT molecular complexity index is 545. The number of fused-ring (bicyclic) bond motifs is 1. The lowest BCUT2D eigenvalue weighted by atomic mass is 9.94. The Balaban J connectivity index is 1.63. The standard InChI is InChI=1S/C17H23BrN2OS/c1-11-10-22-15-4-3-13(18)8-14(15)17(11)20-16(21)5-2-12-6-7-19-9-12/h3-4,8,11-12,17,19H,2,5-7,9-10H2,1H3,(H,20,21). The maximum absolute atomic E-state index is 12.4. The molecule has 0 saturated carbocycles. The molecule has 0 radical (unpaired) electrons. The quantitative estimate of drug-likeness (QED) is 0.832. The van der Waals surface area contributed by atoms with Crippen LogP contribution in [-0.4, -0.2) is 24.7 Å². The maximum atomic E-state index is 12.4. The van der Waals surface area contributed by atoms with Crippen LogP contribution in [0.5, 0.6) is 0 Å². The Morgan fingerprint density at radius 1 is 1.50 bits per heavy atom. The van der Waals surface area contributed by atoms with Gasteiger partial charge in [0, 0.05) is 21.5 Å². The van der Waals surface area contributed by atoms with E-state index in [1.54, 1.807) is 0 Å².